The number of phenolic OH excluding ortho intramolecular Hbond substituents is 1. The number of rotatable bonds is 3. The van der Waals surface area contributed by atoms with E-state index in [2.05, 4.69) is 0 Å². The Kier molecular flexibility index (Phi) is 3.61. The lowest BCUT2D eigenvalue weighted by molar-refractivity contribution is 0.195. The Labute approximate surface area is 87.9 Å². The highest BCUT2D eigenvalue weighted by Crippen LogP contribution is 2.32. The van der Waals surface area contributed by atoms with E-state index in [0.717, 1.165) is 0 Å². The topological polar surface area (TPSA) is 49.7 Å². The Hall–Kier alpha value is -0.930. The Bertz CT molecular complexity index is 323. The van der Waals surface area contributed by atoms with Gasteiger partial charge in [-0.25, -0.2) is 0 Å². The van der Waals surface area contributed by atoms with Crippen LogP contribution in [0.15, 0.2) is 12.1 Å². The van der Waals surface area contributed by atoms with Gasteiger partial charge in [0.05, 0.1) is 13.2 Å². The molecular formula is C10H13ClO3. The second kappa shape index (κ2) is 4.53. The quantitative estimate of drug-likeness (QED) is 0.813. The number of hydrogen-bond acceptors (Lipinski definition) is 3. The van der Waals surface area contributed by atoms with Gasteiger partial charge >= 0.3 is 0 Å². The SMILES string of the molecule is COc1cc(Cl)c(CC(C)O)cc1O. The zero-order valence-corrected chi connectivity index (χ0v) is 8.88. The van der Waals surface area contributed by atoms with Gasteiger partial charge < -0.3 is 14.9 Å². The van der Waals surface area contributed by atoms with E-state index in [1.54, 1.807) is 6.92 Å². The fourth-order valence-electron chi connectivity index (χ4n) is 1.23. The number of hydrogen-bond donors (Lipinski definition) is 2. The second-order valence-corrected chi connectivity index (χ2v) is 3.58. The van der Waals surface area contributed by atoms with E-state index < -0.39 is 6.10 Å². The number of aliphatic hydroxyl groups is 1. The molecule has 14 heavy (non-hydrogen) atoms. The summed E-state index contributed by atoms with van der Waals surface area (Å²) in [6.45, 7) is 1.66. The summed E-state index contributed by atoms with van der Waals surface area (Å²) >= 11 is 5.92. The van der Waals surface area contributed by atoms with E-state index in [1.165, 1.54) is 19.2 Å². The zero-order chi connectivity index (χ0) is 10.7. The lowest BCUT2D eigenvalue weighted by atomic mass is 10.1. The summed E-state index contributed by atoms with van der Waals surface area (Å²) in [7, 11) is 1.46. The Balaban J connectivity index is 3.02. The van der Waals surface area contributed by atoms with Gasteiger partial charge in [0.2, 0.25) is 0 Å². The number of aliphatic hydroxyl groups excluding tert-OH is 1. The number of phenols is 1. The number of methoxy groups -OCH3 is 1. The summed E-state index contributed by atoms with van der Waals surface area (Å²) in [5.74, 6) is 0.372. The van der Waals surface area contributed by atoms with Crippen LogP contribution in [0.4, 0.5) is 0 Å². The van der Waals surface area contributed by atoms with Crippen molar-refractivity contribution in [1.82, 2.24) is 0 Å². The Morgan fingerprint density at radius 1 is 1.50 bits per heavy atom. The highest BCUT2D eigenvalue weighted by atomic mass is 35.5. The zero-order valence-electron chi connectivity index (χ0n) is 8.12. The van der Waals surface area contributed by atoms with Gasteiger partial charge in [-0.15, -0.1) is 0 Å². The summed E-state index contributed by atoms with van der Waals surface area (Å²) in [5, 5.41) is 19.1. The summed E-state index contributed by atoms with van der Waals surface area (Å²) in [4.78, 5) is 0. The van der Waals surface area contributed by atoms with E-state index in [1.807, 2.05) is 0 Å². The van der Waals surface area contributed by atoms with Gasteiger partial charge in [0.25, 0.3) is 0 Å². The number of benzene rings is 1. The maximum atomic E-state index is 9.46. The minimum atomic E-state index is -0.486. The minimum Gasteiger partial charge on any atom is -0.504 e. The molecule has 0 radical (unpaired) electrons. The van der Waals surface area contributed by atoms with Crippen LogP contribution in [0.1, 0.15) is 12.5 Å². The average Bonchev–Trinajstić information content (AvgIpc) is 2.10. The number of ether oxygens (including phenoxy) is 1. The molecule has 0 saturated heterocycles. The molecule has 1 rings (SSSR count). The molecule has 4 heteroatoms. The molecular weight excluding hydrogens is 204 g/mol. The molecule has 2 N–H and O–H groups in total. The van der Waals surface area contributed by atoms with E-state index >= 15 is 0 Å². The largest absolute Gasteiger partial charge is 0.504 e. The molecule has 1 unspecified atom stereocenters. The summed E-state index contributed by atoms with van der Waals surface area (Å²) in [5.41, 5.74) is 0.708. The third-order valence-electron chi connectivity index (χ3n) is 1.86. The first-order valence-corrected chi connectivity index (χ1v) is 4.65. The van der Waals surface area contributed by atoms with Gasteiger partial charge in [0.1, 0.15) is 0 Å². The molecule has 0 heterocycles. The van der Waals surface area contributed by atoms with Crippen LogP contribution in [-0.2, 0) is 6.42 Å². The van der Waals surface area contributed by atoms with Crippen molar-refractivity contribution in [2.75, 3.05) is 7.11 Å². The van der Waals surface area contributed by atoms with Crippen LogP contribution in [0.25, 0.3) is 0 Å². The molecule has 0 spiro atoms. The number of halogens is 1. The van der Waals surface area contributed by atoms with Crippen LogP contribution in [0.3, 0.4) is 0 Å². The third kappa shape index (κ3) is 2.53. The van der Waals surface area contributed by atoms with Crippen LogP contribution in [0.2, 0.25) is 5.02 Å². The number of aromatic hydroxyl groups is 1. The fourth-order valence-corrected chi connectivity index (χ4v) is 1.46. The first-order chi connectivity index (χ1) is 6.54. The van der Waals surface area contributed by atoms with Crippen LogP contribution < -0.4 is 4.74 Å². The maximum Gasteiger partial charge on any atom is 0.161 e. The second-order valence-electron chi connectivity index (χ2n) is 3.17. The third-order valence-corrected chi connectivity index (χ3v) is 2.22. The predicted molar refractivity (Wildman–Crippen MR) is 55.1 cm³/mol. The molecule has 0 saturated carbocycles. The molecule has 0 aromatic heterocycles. The van der Waals surface area contributed by atoms with Crippen molar-refractivity contribution in [2.45, 2.75) is 19.4 Å². The van der Waals surface area contributed by atoms with Crippen LogP contribution in [0.5, 0.6) is 11.5 Å². The molecule has 0 aliphatic heterocycles. The first kappa shape index (κ1) is 11.1. The van der Waals surface area contributed by atoms with Crippen molar-refractivity contribution in [2.24, 2.45) is 0 Å². The van der Waals surface area contributed by atoms with E-state index in [0.29, 0.717) is 22.8 Å². The molecule has 3 nitrogen and oxygen atoms in total. The molecule has 0 amide bonds. The van der Waals surface area contributed by atoms with Crippen LogP contribution in [-0.4, -0.2) is 23.4 Å². The van der Waals surface area contributed by atoms with E-state index in [9.17, 15) is 10.2 Å². The summed E-state index contributed by atoms with van der Waals surface area (Å²) < 4.78 is 4.89. The van der Waals surface area contributed by atoms with Gasteiger partial charge in [-0.05, 0) is 25.0 Å². The summed E-state index contributed by atoms with van der Waals surface area (Å²) in [6, 6.07) is 3.04. The van der Waals surface area contributed by atoms with Gasteiger partial charge in [-0.2, -0.15) is 0 Å². The minimum absolute atomic E-state index is 0.0348. The molecule has 1 aromatic rings. The average molecular weight is 217 g/mol. The standard InChI is InChI=1S/C10H13ClO3/c1-6(12)3-7-4-9(13)10(14-2)5-8(7)11/h4-6,12-13H,3H2,1-2H3. The van der Waals surface area contributed by atoms with E-state index in [-0.39, 0.29) is 5.75 Å². The van der Waals surface area contributed by atoms with Gasteiger partial charge in [0.15, 0.2) is 11.5 Å². The monoisotopic (exact) mass is 216 g/mol. The normalized spacial score (nSPS) is 12.6. The van der Waals surface area contributed by atoms with Crippen molar-refractivity contribution in [1.29, 1.82) is 0 Å². The van der Waals surface area contributed by atoms with Gasteiger partial charge in [-0.3, -0.25) is 0 Å². The van der Waals surface area contributed by atoms with E-state index in [4.69, 9.17) is 16.3 Å². The molecule has 0 fully saturated rings. The molecule has 1 atom stereocenters. The molecule has 78 valence electrons. The fraction of sp³-hybridized carbons (Fsp3) is 0.400. The smallest absolute Gasteiger partial charge is 0.161 e. The first-order valence-electron chi connectivity index (χ1n) is 4.28. The van der Waals surface area contributed by atoms with Gasteiger partial charge in [-0.1, -0.05) is 11.6 Å². The predicted octanol–water partition coefficient (Wildman–Crippen LogP) is 1.98. The lowest BCUT2D eigenvalue weighted by Crippen LogP contribution is -2.04. The molecule has 0 aliphatic rings. The van der Waals surface area contributed by atoms with Crippen molar-refractivity contribution in [3.8, 4) is 11.5 Å². The molecule has 1 aromatic carbocycles. The van der Waals surface area contributed by atoms with Crippen molar-refractivity contribution < 1.29 is 14.9 Å². The van der Waals surface area contributed by atoms with Crippen LogP contribution in [0, 0.1) is 0 Å². The molecule has 0 bridgehead atoms. The van der Waals surface area contributed by atoms with Crippen molar-refractivity contribution in [3.63, 3.8) is 0 Å². The summed E-state index contributed by atoms with van der Waals surface area (Å²) in [6.07, 6.45) is -0.0728. The van der Waals surface area contributed by atoms with Gasteiger partial charge in [0, 0.05) is 11.1 Å². The van der Waals surface area contributed by atoms with Crippen molar-refractivity contribution in [3.05, 3.63) is 22.7 Å². The van der Waals surface area contributed by atoms with Crippen molar-refractivity contribution >= 4 is 11.6 Å². The molecule has 0 aliphatic carbocycles. The Morgan fingerprint density at radius 2 is 2.14 bits per heavy atom. The Morgan fingerprint density at radius 3 is 2.64 bits per heavy atom. The highest BCUT2D eigenvalue weighted by Gasteiger charge is 2.09. The van der Waals surface area contributed by atoms with Crippen LogP contribution >= 0.6 is 11.6 Å². The highest BCUT2D eigenvalue weighted by molar-refractivity contribution is 6.31. The lowest BCUT2D eigenvalue weighted by Gasteiger charge is -2.10. The maximum absolute atomic E-state index is 9.46.